The minimum absolute atomic E-state index is 0.313. The Hall–Kier alpha value is -0.370. The maximum Gasteiger partial charge on any atom is 0.428 e. The Morgan fingerprint density at radius 1 is 1.31 bits per heavy atom. The largest absolute Gasteiger partial charge is 0.497 e. The standard InChI is InChI=1S/C7H7Cl2O3P/c1-11-6-3-2-4-7(5-6)12-13(8,9)10/h2-5H,1H3. The Morgan fingerprint density at radius 3 is 2.46 bits per heavy atom. The zero-order valence-corrected chi connectivity index (χ0v) is 9.14. The summed E-state index contributed by atoms with van der Waals surface area (Å²) in [6.45, 7) is 0. The molecule has 0 heterocycles. The lowest BCUT2D eigenvalue weighted by molar-refractivity contribution is 0.412. The Balaban J connectivity index is 2.84. The van der Waals surface area contributed by atoms with Crippen LogP contribution in [0.25, 0.3) is 0 Å². The van der Waals surface area contributed by atoms with Gasteiger partial charge in [0, 0.05) is 28.5 Å². The third kappa shape index (κ3) is 3.90. The summed E-state index contributed by atoms with van der Waals surface area (Å²) in [6, 6.07) is 6.52. The third-order valence-electron chi connectivity index (χ3n) is 1.25. The summed E-state index contributed by atoms with van der Waals surface area (Å²) in [6.07, 6.45) is -3.53. The van der Waals surface area contributed by atoms with Crippen LogP contribution in [0.2, 0.25) is 0 Å². The molecule has 3 nitrogen and oxygen atoms in total. The van der Waals surface area contributed by atoms with Crippen molar-refractivity contribution in [1.82, 2.24) is 0 Å². The maximum atomic E-state index is 10.9. The van der Waals surface area contributed by atoms with Crippen LogP contribution in [0.3, 0.4) is 0 Å². The first-order valence-corrected chi connectivity index (χ1v) is 6.78. The predicted molar refractivity (Wildman–Crippen MR) is 52.9 cm³/mol. The van der Waals surface area contributed by atoms with Crippen LogP contribution in [0.15, 0.2) is 24.3 Å². The lowest BCUT2D eigenvalue weighted by Crippen LogP contribution is -1.84. The molecule has 0 aromatic heterocycles. The van der Waals surface area contributed by atoms with Gasteiger partial charge in [0.15, 0.2) is 0 Å². The van der Waals surface area contributed by atoms with Crippen molar-refractivity contribution in [3.8, 4) is 11.5 Å². The molecule has 0 saturated carbocycles. The second-order valence-electron chi connectivity index (χ2n) is 2.18. The van der Waals surface area contributed by atoms with Crippen molar-refractivity contribution in [1.29, 1.82) is 0 Å². The molecule has 1 aromatic carbocycles. The molecule has 0 N–H and O–H groups in total. The zero-order chi connectivity index (χ0) is 9.90. The molecular weight excluding hydrogens is 234 g/mol. The number of hydrogen-bond acceptors (Lipinski definition) is 3. The van der Waals surface area contributed by atoms with Gasteiger partial charge in [0.05, 0.1) is 7.11 Å². The monoisotopic (exact) mass is 240 g/mol. The van der Waals surface area contributed by atoms with E-state index in [0.717, 1.165) is 0 Å². The molecule has 0 spiro atoms. The summed E-state index contributed by atoms with van der Waals surface area (Å²) in [5.74, 6) is 0.895. The van der Waals surface area contributed by atoms with Gasteiger partial charge in [0.25, 0.3) is 0 Å². The smallest absolute Gasteiger partial charge is 0.428 e. The van der Waals surface area contributed by atoms with Crippen molar-refractivity contribution in [2.24, 2.45) is 0 Å². The highest BCUT2D eigenvalue weighted by Crippen LogP contribution is 2.57. The molecule has 0 radical (unpaired) electrons. The quantitative estimate of drug-likeness (QED) is 0.757. The van der Waals surface area contributed by atoms with Crippen LogP contribution in [-0.2, 0) is 4.57 Å². The first kappa shape index (κ1) is 10.7. The molecule has 13 heavy (non-hydrogen) atoms. The molecule has 0 amide bonds. The molecule has 0 aliphatic heterocycles. The van der Waals surface area contributed by atoms with Gasteiger partial charge in [0.2, 0.25) is 0 Å². The second-order valence-corrected chi connectivity index (χ2v) is 6.39. The normalized spacial score (nSPS) is 11.0. The molecule has 1 aromatic rings. The Bertz CT molecular complexity index is 336. The molecule has 0 saturated heterocycles. The average Bonchev–Trinajstić information content (AvgIpc) is 2.01. The average molecular weight is 241 g/mol. The van der Waals surface area contributed by atoms with E-state index < -0.39 is 6.07 Å². The third-order valence-corrected chi connectivity index (χ3v) is 2.09. The van der Waals surface area contributed by atoms with E-state index in [1.54, 1.807) is 18.2 Å². The summed E-state index contributed by atoms with van der Waals surface area (Å²) >= 11 is 10.4. The fraction of sp³-hybridized carbons (Fsp3) is 0.143. The van der Waals surface area contributed by atoms with Gasteiger partial charge in [-0.1, -0.05) is 6.07 Å². The molecule has 0 fully saturated rings. The van der Waals surface area contributed by atoms with Crippen LogP contribution in [-0.4, -0.2) is 7.11 Å². The molecule has 72 valence electrons. The first-order chi connectivity index (χ1) is 6.01. The Kier molecular flexibility index (Phi) is 3.48. The summed E-state index contributed by atoms with van der Waals surface area (Å²) in [5.41, 5.74) is 0. The molecule has 1 rings (SSSR count). The van der Waals surface area contributed by atoms with Crippen molar-refractivity contribution < 1.29 is 13.8 Å². The van der Waals surface area contributed by atoms with E-state index in [9.17, 15) is 4.57 Å². The highest BCUT2D eigenvalue weighted by molar-refractivity contribution is 8.05. The summed E-state index contributed by atoms with van der Waals surface area (Å²) < 4.78 is 20.5. The Labute approximate surface area is 85.6 Å². The number of methoxy groups -OCH3 is 1. The van der Waals surface area contributed by atoms with E-state index in [1.807, 2.05) is 0 Å². The number of hydrogen-bond donors (Lipinski definition) is 0. The van der Waals surface area contributed by atoms with Gasteiger partial charge in [-0.3, -0.25) is 0 Å². The van der Waals surface area contributed by atoms with Gasteiger partial charge in [-0.15, -0.1) is 0 Å². The van der Waals surface area contributed by atoms with Crippen LogP contribution in [0, 0.1) is 0 Å². The topological polar surface area (TPSA) is 35.5 Å². The summed E-state index contributed by atoms with van der Waals surface area (Å²) in [4.78, 5) is 0. The number of halogens is 2. The minimum Gasteiger partial charge on any atom is -0.497 e. The number of benzene rings is 1. The van der Waals surface area contributed by atoms with E-state index in [-0.39, 0.29) is 0 Å². The lowest BCUT2D eigenvalue weighted by atomic mass is 10.3. The fourth-order valence-electron chi connectivity index (χ4n) is 0.781. The molecule has 0 atom stereocenters. The minimum atomic E-state index is -3.53. The van der Waals surface area contributed by atoms with Gasteiger partial charge in [-0.05, 0) is 12.1 Å². The van der Waals surface area contributed by atoms with Crippen LogP contribution in [0.5, 0.6) is 11.5 Å². The zero-order valence-electron chi connectivity index (χ0n) is 6.74. The molecule has 0 bridgehead atoms. The molecule has 6 heteroatoms. The van der Waals surface area contributed by atoms with Gasteiger partial charge in [-0.2, -0.15) is 0 Å². The van der Waals surface area contributed by atoms with Gasteiger partial charge in [0.1, 0.15) is 11.5 Å². The lowest BCUT2D eigenvalue weighted by Gasteiger charge is -2.06. The summed E-state index contributed by atoms with van der Waals surface area (Å²) in [7, 11) is 1.51. The highest BCUT2D eigenvalue weighted by atomic mass is 35.9. The SMILES string of the molecule is COc1cccc(OP(=O)(Cl)Cl)c1. The molecule has 0 aliphatic carbocycles. The molecule has 0 aliphatic rings. The van der Waals surface area contributed by atoms with Crippen LogP contribution in [0.4, 0.5) is 0 Å². The molecular formula is C7H7Cl2O3P. The van der Waals surface area contributed by atoms with Crippen molar-refractivity contribution in [2.75, 3.05) is 7.11 Å². The first-order valence-electron chi connectivity index (χ1n) is 3.34. The van der Waals surface area contributed by atoms with Crippen molar-refractivity contribution in [2.45, 2.75) is 0 Å². The van der Waals surface area contributed by atoms with E-state index in [2.05, 4.69) is 0 Å². The predicted octanol–water partition coefficient (Wildman–Crippen LogP) is 3.66. The van der Waals surface area contributed by atoms with Gasteiger partial charge in [-0.25, -0.2) is 4.57 Å². The number of ether oxygens (including phenoxy) is 1. The summed E-state index contributed by atoms with van der Waals surface area (Å²) in [5, 5.41) is 0. The Morgan fingerprint density at radius 2 is 1.92 bits per heavy atom. The van der Waals surface area contributed by atoms with Gasteiger partial charge >= 0.3 is 6.07 Å². The maximum absolute atomic E-state index is 10.9. The van der Waals surface area contributed by atoms with Crippen LogP contribution < -0.4 is 9.26 Å². The van der Waals surface area contributed by atoms with E-state index in [1.165, 1.54) is 13.2 Å². The van der Waals surface area contributed by atoms with Crippen LogP contribution in [0.1, 0.15) is 0 Å². The molecule has 0 unspecified atom stereocenters. The number of rotatable bonds is 3. The van der Waals surface area contributed by atoms with Crippen LogP contribution >= 0.6 is 28.6 Å². The van der Waals surface area contributed by atoms with Crippen molar-refractivity contribution in [3.05, 3.63) is 24.3 Å². The highest BCUT2D eigenvalue weighted by Gasteiger charge is 2.15. The fourth-order valence-corrected chi connectivity index (χ4v) is 1.62. The van der Waals surface area contributed by atoms with E-state index in [0.29, 0.717) is 11.5 Å². The van der Waals surface area contributed by atoms with Gasteiger partial charge < -0.3 is 9.26 Å². The van der Waals surface area contributed by atoms with Crippen molar-refractivity contribution >= 4 is 28.6 Å². The van der Waals surface area contributed by atoms with Crippen molar-refractivity contribution in [3.63, 3.8) is 0 Å². The van der Waals surface area contributed by atoms with E-state index in [4.69, 9.17) is 31.7 Å². The second kappa shape index (κ2) is 4.23. The van der Waals surface area contributed by atoms with E-state index >= 15 is 0 Å².